The maximum atomic E-state index is 12.4. The van der Waals surface area contributed by atoms with Gasteiger partial charge in [-0.25, -0.2) is 9.78 Å². The Balaban J connectivity index is 1.15. The topological polar surface area (TPSA) is 102 Å². The number of H-pyrrole nitrogens is 1. The van der Waals surface area contributed by atoms with Gasteiger partial charge in [0.15, 0.2) is 0 Å². The van der Waals surface area contributed by atoms with Crippen LogP contribution in [-0.2, 0) is 17.6 Å². The predicted octanol–water partition coefficient (Wildman–Crippen LogP) is 1.67. The van der Waals surface area contributed by atoms with E-state index in [-0.39, 0.29) is 24.0 Å². The van der Waals surface area contributed by atoms with Crippen molar-refractivity contribution in [2.24, 2.45) is 0 Å². The third-order valence-corrected chi connectivity index (χ3v) is 5.67. The molecule has 1 aromatic heterocycles. The summed E-state index contributed by atoms with van der Waals surface area (Å²) >= 11 is 0. The van der Waals surface area contributed by atoms with Crippen LogP contribution in [0.25, 0.3) is 0 Å². The maximum Gasteiger partial charge on any atom is 0.315 e. The number of imidazole rings is 1. The van der Waals surface area contributed by atoms with Crippen molar-refractivity contribution in [3.8, 4) is 0 Å². The van der Waals surface area contributed by atoms with Crippen LogP contribution in [0.5, 0.6) is 0 Å². The number of benzene rings is 1. The highest BCUT2D eigenvalue weighted by Crippen LogP contribution is 2.18. The lowest BCUT2D eigenvalue weighted by Crippen LogP contribution is -2.51. The lowest BCUT2D eigenvalue weighted by atomic mass is 9.96. The van der Waals surface area contributed by atoms with Crippen LogP contribution in [0.2, 0.25) is 0 Å². The first-order chi connectivity index (χ1) is 14.2. The van der Waals surface area contributed by atoms with E-state index < -0.39 is 0 Å². The second-order valence-electron chi connectivity index (χ2n) is 7.85. The van der Waals surface area contributed by atoms with E-state index in [0.29, 0.717) is 6.54 Å². The largest absolute Gasteiger partial charge is 0.348 e. The number of rotatable bonds is 5. The van der Waals surface area contributed by atoms with E-state index >= 15 is 0 Å². The number of hydrogen-bond donors (Lipinski definition) is 4. The molecule has 1 saturated heterocycles. The average Bonchev–Trinajstić information content (AvgIpc) is 3.18. The van der Waals surface area contributed by atoms with E-state index in [9.17, 15) is 9.59 Å². The van der Waals surface area contributed by atoms with Gasteiger partial charge in [-0.1, -0.05) is 18.2 Å². The molecule has 0 spiro atoms. The standard InChI is InChI=1S/C21H28N6O2/c28-20(24-15-4-2-1-3-5-15)13-27-10-8-16(9-11-27)25-21(29)26-17-6-7-18-19(12-17)23-14-22-18/h1-5,14,16-17H,6-13H2,(H,22,23)(H,24,28)(H2,25,26,29). The number of carbonyl (C=O) groups is 2. The number of nitrogens with one attached hydrogen (secondary N) is 4. The molecule has 1 unspecified atom stereocenters. The maximum absolute atomic E-state index is 12.4. The molecule has 0 radical (unpaired) electrons. The average molecular weight is 396 g/mol. The summed E-state index contributed by atoms with van der Waals surface area (Å²) in [5, 5.41) is 9.10. The van der Waals surface area contributed by atoms with Crippen molar-refractivity contribution in [3.05, 3.63) is 48.0 Å². The molecule has 154 valence electrons. The van der Waals surface area contributed by atoms with Crippen molar-refractivity contribution < 1.29 is 9.59 Å². The minimum absolute atomic E-state index is 0.00386. The highest BCUT2D eigenvalue weighted by atomic mass is 16.2. The van der Waals surface area contributed by atoms with Crippen molar-refractivity contribution in [2.45, 2.75) is 44.2 Å². The highest BCUT2D eigenvalue weighted by molar-refractivity contribution is 5.92. The predicted molar refractivity (Wildman–Crippen MR) is 111 cm³/mol. The lowest BCUT2D eigenvalue weighted by Gasteiger charge is -2.32. The molecule has 0 bridgehead atoms. The number of urea groups is 1. The van der Waals surface area contributed by atoms with Crippen LogP contribution in [0.1, 0.15) is 30.7 Å². The number of aromatic amines is 1. The van der Waals surface area contributed by atoms with Gasteiger partial charge in [-0.2, -0.15) is 0 Å². The molecule has 0 saturated carbocycles. The Labute approximate surface area is 170 Å². The molecular formula is C21H28N6O2. The van der Waals surface area contributed by atoms with Crippen molar-refractivity contribution >= 4 is 17.6 Å². The van der Waals surface area contributed by atoms with Crippen molar-refractivity contribution in [3.63, 3.8) is 0 Å². The summed E-state index contributed by atoms with van der Waals surface area (Å²) in [6.07, 6.45) is 6.04. The SMILES string of the molecule is O=C(CN1CCC(NC(=O)NC2CCc3nc[nH]c3C2)CC1)Nc1ccccc1. The Morgan fingerprint density at radius 3 is 2.62 bits per heavy atom. The molecule has 29 heavy (non-hydrogen) atoms. The zero-order valence-electron chi connectivity index (χ0n) is 16.5. The van der Waals surface area contributed by atoms with E-state index in [0.717, 1.165) is 62.3 Å². The van der Waals surface area contributed by atoms with E-state index in [1.807, 2.05) is 30.3 Å². The van der Waals surface area contributed by atoms with Gasteiger partial charge in [0.05, 0.1) is 18.6 Å². The fraction of sp³-hybridized carbons (Fsp3) is 0.476. The van der Waals surface area contributed by atoms with E-state index in [1.54, 1.807) is 6.33 Å². The fourth-order valence-corrected chi connectivity index (χ4v) is 4.10. The Morgan fingerprint density at radius 1 is 1.07 bits per heavy atom. The molecule has 1 aliphatic heterocycles. The van der Waals surface area contributed by atoms with Crippen LogP contribution < -0.4 is 16.0 Å². The number of anilines is 1. The second-order valence-corrected chi connectivity index (χ2v) is 7.85. The zero-order valence-corrected chi connectivity index (χ0v) is 16.5. The summed E-state index contributed by atoms with van der Waals surface area (Å²) in [4.78, 5) is 34.1. The first kappa shape index (κ1) is 19.4. The summed E-state index contributed by atoms with van der Waals surface area (Å²) in [6, 6.07) is 9.68. The number of aromatic nitrogens is 2. The summed E-state index contributed by atoms with van der Waals surface area (Å²) in [7, 11) is 0. The minimum atomic E-state index is -0.0989. The van der Waals surface area contributed by atoms with E-state index in [2.05, 4.69) is 30.8 Å². The quantitative estimate of drug-likeness (QED) is 0.617. The number of likely N-dealkylation sites (tertiary alicyclic amines) is 1. The van der Waals surface area contributed by atoms with Crippen molar-refractivity contribution in [2.75, 3.05) is 25.0 Å². The normalized spacial score (nSPS) is 19.9. The monoisotopic (exact) mass is 396 g/mol. The number of nitrogens with zero attached hydrogens (tertiary/aromatic N) is 2. The van der Waals surface area contributed by atoms with Crippen LogP contribution in [0.3, 0.4) is 0 Å². The molecular weight excluding hydrogens is 368 g/mol. The van der Waals surface area contributed by atoms with Gasteiger partial charge >= 0.3 is 6.03 Å². The number of aryl methyl sites for hydroxylation is 1. The molecule has 1 aliphatic carbocycles. The Morgan fingerprint density at radius 2 is 1.83 bits per heavy atom. The molecule has 1 fully saturated rings. The Bertz CT molecular complexity index is 829. The van der Waals surface area contributed by atoms with Gasteiger partial charge in [-0.3, -0.25) is 9.69 Å². The van der Waals surface area contributed by atoms with Gasteiger partial charge in [0.25, 0.3) is 0 Å². The molecule has 8 heteroatoms. The van der Waals surface area contributed by atoms with Gasteiger partial charge in [0.2, 0.25) is 5.91 Å². The summed E-state index contributed by atoms with van der Waals surface area (Å²) in [6.45, 7) is 1.98. The van der Waals surface area contributed by atoms with Gasteiger partial charge in [0, 0.05) is 43.0 Å². The second kappa shape index (κ2) is 9.09. The number of piperidine rings is 1. The molecule has 2 aromatic rings. The zero-order chi connectivity index (χ0) is 20.1. The number of carbonyl (C=O) groups excluding carboxylic acids is 2. The van der Waals surface area contributed by atoms with Gasteiger partial charge in [-0.05, 0) is 37.8 Å². The fourth-order valence-electron chi connectivity index (χ4n) is 4.10. The minimum Gasteiger partial charge on any atom is -0.348 e. The summed E-state index contributed by atoms with van der Waals surface area (Å²) < 4.78 is 0. The van der Waals surface area contributed by atoms with Crippen LogP contribution in [-0.4, -0.2) is 58.5 Å². The van der Waals surface area contributed by atoms with Crippen LogP contribution in [0, 0.1) is 0 Å². The van der Waals surface area contributed by atoms with E-state index in [4.69, 9.17) is 0 Å². The molecule has 1 atom stereocenters. The lowest BCUT2D eigenvalue weighted by molar-refractivity contribution is -0.117. The number of hydrogen-bond acceptors (Lipinski definition) is 4. The summed E-state index contributed by atoms with van der Waals surface area (Å²) in [5.74, 6) is -0.00386. The van der Waals surface area contributed by atoms with Crippen LogP contribution >= 0.6 is 0 Å². The van der Waals surface area contributed by atoms with Crippen LogP contribution in [0.4, 0.5) is 10.5 Å². The van der Waals surface area contributed by atoms with Gasteiger partial charge in [-0.15, -0.1) is 0 Å². The number of para-hydroxylation sites is 1. The third kappa shape index (κ3) is 5.35. The molecule has 1 aromatic carbocycles. The first-order valence-electron chi connectivity index (χ1n) is 10.3. The highest BCUT2D eigenvalue weighted by Gasteiger charge is 2.25. The van der Waals surface area contributed by atoms with Crippen molar-refractivity contribution in [1.29, 1.82) is 0 Å². The van der Waals surface area contributed by atoms with E-state index in [1.165, 1.54) is 0 Å². The van der Waals surface area contributed by atoms with Crippen molar-refractivity contribution in [1.82, 2.24) is 25.5 Å². The number of amides is 3. The molecule has 4 rings (SSSR count). The molecule has 2 heterocycles. The Kier molecular flexibility index (Phi) is 6.09. The Hall–Kier alpha value is -2.87. The molecule has 2 aliphatic rings. The smallest absolute Gasteiger partial charge is 0.315 e. The van der Waals surface area contributed by atoms with Gasteiger partial charge in [0.1, 0.15) is 0 Å². The molecule has 4 N–H and O–H groups in total. The molecule has 3 amide bonds. The third-order valence-electron chi connectivity index (χ3n) is 5.67. The van der Waals surface area contributed by atoms with Crippen LogP contribution in [0.15, 0.2) is 36.7 Å². The number of fused-ring (bicyclic) bond motifs is 1. The van der Waals surface area contributed by atoms with Gasteiger partial charge < -0.3 is 20.9 Å². The molecule has 8 nitrogen and oxygen atoms in total. The first-order valence-corrected chi connectivity index (χ1v) is 10.3. The summed E-state index contributed by atoms with van der Waals surface area (Å²) in [5.41, 5.74) is 3.06.